The van der Waals surface area contributed by atoms with Crippen LogP contribution in [0.4, 0.5) is 0 Å². The van der Waals surface area contributed by atoms with E-state index in [1.807, 2.05) is 6.07 Å². The summed E-state index contributed by atoms with van der Waals surface area (Å²) in [5.41, 5.74) is 1.23. The largest absolute Gasteiger partial charge is 0.491 e. The summed E-state index contributed by atoms with van der Waals surface area (Å²) < 4.78 is 11.8. The van der Waals surface area contributed by atoms with Crippen molar-refractivity contribution in [1.29, 1.82) is 0 Å². The van der Waals surface area contributed by atoms with Gasteiger partial charge in [0.15, 0.2) is 0 Å². The van der Waals surface area contributed by atoms with Crippen LogP contribution in [0.5, 0.6) is 11.5 Å². The first-order chi connectivity index (χ1) is 9.18. The Morgan fingerprint density at radius 1 is 0.850 bits per heavy atom. The average Bonchev–Trinajstić information content (AvgIpc) is 2.32. The summed E-state index contributed by atoms with van der Waals surface area (Å²) in [6, 6.07) is 6.05. The molecule has 1 rings (SSSR count). The van der Waals surface area contributed by atoms with Crippen molar-refractivity contribution in [2.75, 3.05) is 13.2 Å². The van der Waals surface area contributed by atoms with Gasteiger partial charge in [0.05, 0.1) is 0 Å². The molecule has 0 atom stereocenters. The smallest absolute Gasteiger partial charge is 0.123 e. The molecule has 0 aliphatic rings. The second kappa shape index (κ2) is 8.39. The topological polar surface area (TPSA) is 18.5 Å². The number of halogens is 4. The van der Waals surface area contributed by atoms with Gasteiger partial charge >= 0.3 is 0 Å². The van der Waals surface area contributed by atoms with Gasteiger partial charge in [0.25, 0.3) is 0 Å². The molecular formula is C14H18Br4O2. The van der Waals surface area contributed by atoms with Crippen LogP contribution in [0.2, 0.25) is 0 Å². The normalized spacial score (nSPS) is 12.1. The minimum absolute atomic E-state index is 0.0435. The molecule has 0 aromatic heterocycles. The molecule has 0 aliphatic heterocycles. The highest BCUT2D eigenvalue weighted by Crippen LogP contribution is 2.31. The summed E-state index contributed by atoms with van der Waals surface area (Å²) in [5.74, 6) is 1.63. The van der Waals surface area contributed by atoms with Crippen molar-refractivity contribution in [2.45, 2.75) is 33.7 Å². The lowest BCUT2D eigenvalue weighted by Crippen LogP contribution is -2.13. The first-order valence-corrected chi connectivity index (χ1v) is 9.82. The van der Waals surface area contributed by atoms with Crippen molar-refractivity contribution in [3.63, 3.8) is 0 Å². The van der Waals surface area contributed by atoms with Crippen LogP contribution in [0.25, 0.3) is 0 Å². The molecule has 0 radical (unpaired) electrons. The van der Waals surface area contributed by atoms with E-state index in [2.05, 4.69) is 96.6 Å². The number of hydrogen-bond acceptors (Lipinski definition) is 2. The third-order valence-electron chi connectivity index (χ3n) is 2.50. The molecule has 0 saturated carbocycles. The van der Waals surface area contributed by atoms with Gasteiger partial charge in [-0.1, -0.05) is 84.5 Å². The van der Waals surface area contributed by atoms with Gasteiger partial charge in [0, 0.05) is 6.07 Å². The lowest BCUT2D eigenvalue weighted by Gasteiger charge is -2.21. The minimum atomic E-state index is 0.0435. The Balaban J connectivity index is 2.95. The predicted octanol–water partition coefficient (Wildman–Crippen LogP) is 5.97. The highest BCUT2D eigenvalue weighted by molar-refractivity contribution is 9.25. The van der Waals surface area contributed by atoms with Crippen molar-refractivity contribution in [3.8, 4) is 11.5 Å². The summed E-state index contributed by atoms with van der Waals surface area (Å²) in [6.45, 7) is 7.61. The van der Waals surface area contributed by atoms with Crippen molar-refractivity contribution in [2.24, 2.45) is 0 Å². The van der Waals surface area contributed by atoms with Gasteiger partial charge in [-0.2, -0.15) is 0 Å². The third-order valence-corrected chi connectivity index (χ3v) is 3.56. The zero-order chi connectivity index (χ0) is 15.3. The van der Waals surface area contributed by atoms with E-state index in [1.54, 1.807) is 0 Å². The van der Waals surface area contributed by atoms with Crippen LogP contribution in [-0.2, 0) is 5.41 Å². The molecule has 0 heterocycles. The minimum Gasteiger partial charge on any atom is -0.491 e. The first kappa shape index (κ1) is 18.8. The van der Waals surface area contributed by atoms with E-state index in [4.69, 9.17) is 9.47 Å². The maximum Gasteiger partial charge on any atom is 0.123 e. The Bertz CT molecular complexity index is 397. The van der Waals surface area contributed by atoms with Gasteiger partial charge in [-0.25, -0.2) is 0 Å². The van der Waals surface area contributed by atoms with Crippen LogP contribution in [0.15, 0.2) is 18.2 Å². The van der Waals surface area contributed by atoms with Crippen LogP contribution in [0.1, 0.15) is 26.3 Å². The van der Waals surface area contributed by atoms with Crippen LogP contribution >= 0.6 is 63.7 Å². The van der Waals surface area contributed by atoms with Crippen LogP contribution in [0, 0.1) is 0 Å². The zero-order valence-electron chi connectivity index (χ0n) is 11.6. The molecule has 0 spiro atoms. The van der Waals surface area contributed by atoms with Gasteiger partial charge in [-0.3, -0.25) is 0 Å². The molecule has 6 heteroatoms. The zero-order valence-corrected chi connectivity index (χ0v) is 18.0. The molecule has 0 N–H and O–H groups in total. The lowest BCUT2D eigenvalue weighted by atomic mass is 9.87. The molecule has 1 aromatic rings. The molecule has 1 aromatic carbocycles. The molecule has 0 bridgehead atoms. The highest BCUT2D eigenvalue weighted by atomic mass is 79.9. The SMILES string of the molecule is CC(C)(C)c1cc(OCC(Br)Br)cc(OCC(Br)Br)c1. The van der Waals surface area contributed by atoms with Crippen LogP contribution in [-0.4, -0.2) is 20.7 Å². The Morgan fingerprint density at radius 3 is 1.55 bits per heavy atom. The fraction of sp³-hybridized carbons (Fsp3) is 0.571. The molecule has 20 heavy (non-hydrogen) atoms. The average molecular weight is 538 g/mol. The summed E-state index contributed by atoms with van der Waals surface area (Å²) in [6.07, 6.45) is 0. The van der Waals surface area contributed by atoms with Crippen molar-refractivity contribution < 1.29 is 9.47 Å². The number of rotatable bonds is 6. The van der Waals surface area contributed by atoms with Gasteiger partial charge in [-0.05, 0) is 23.1 Å². The van der Waals surface area contributed by atoms with Gasteiger partial charge in [0.2, 0.25) is 0 Å². The molecule has 0 saturated heterocycles. The van der Waals surface area contributed by atoms with E-state index in [-0.39, 0.29) is 12.9 Å². The second-order valence-corrected chi connectivity index (χ2v) is 12.2. The molecule has 114 valence electrons. The molecule has 0 aliphatic carbocycles. The second-order valence-electron chi connectivity index (χ2n) is 5.35. The fourth-order valence-corrected chi connectivity index (χ4v) is 2.02. The Kier molecular flexibility index (Phi) is 7.88. The number of ether oxygens (including phenoxy) is 2. The van der Waals surface area contributed by atoms with E-state index in [0.29, 0.717) is 13.2 Å². The van der Waals surface area contributed by atoms with E-state index >= 15 is 0 Å². The van der Waals surface area contributed by atoms with Crippen LogP contribution in [0.3, 0.4) is 0 Å². The van der Waals surface area contributed by atoms with Gasteiger partial charge in [-0.15, -0.1) is 0 Å². The summed E-state index contributed by atoms with van der Waals surface area (Å²) in [4.78, 5) is 0. The van der Waals surface area contributed by atoms with Crippen molar-refractivity contribution in [3.05, 3.63) is 23.8 Å². The maximum atomic E-state index is 5.75. The van der Waals surface area contributed by atoms with Gasteiger partial charge in [0.1, 0.15) is 32.2 Å². The van der Waals surface area contributed by atoms with Crippen molar-refractivity contribution >= 4 is 63.7 Å². The highest BCUT2D eigenvalue weighted by Gasteiger charge is 2.17. The van der Waals surface area contributed by atoms with E-state index in [0.717, 1.165) is 11.5 Å². The Morgan fingerprint density at radius 2 is 1.25 bits per heavy atom. The van der Waals surface area contributed by atoms with Gasteiger partial charge < -0.3 is 9.47 Å². The summed E-state index contributed by atoms with van der Waals surface area (Å²) in [7, 11) is 0. The fourth-order valence-electron chi connectivity index (χ4n) is 1.49. The lowest BCUT2D eigenvalue weighted by molar-refractivity contribution is 0.321. The van der Waals surface area contributed by atoms with E-state index in [1.165, 1.54) is 5.56 Å². The third kappa shape index (κ3) is 7.14. The maximum absolute atomic E-state index is 5.75. The number of hydrogen-bond donors (Lipinski definition) is 0. The number of alkyl halides is 4. The Hall–Kier alpha value is 0.740. The molecule has 0 unspecified atom stereocenters. The quantitative estimate of drug-likeness (QED) is 0.416. The monoisotopic (exact) mass is 534 g/mol. The summed E-state index contributed by atoms with van der Waals surface area (Å²) >= 11 is 13.6. The standard InChI is InChI=1S/C14H18Br4O2/c1-14(2,3)9-4-10(19-7-12(15)16)6-11(5-9)20-8-13(17)18/h4-6,12-13H,7-8H2,1-3H3. The molecular weight excluding hydrogens is 520 g/mol. The predicted molar refractivity (Wildman–Crippen MR) is 99.4 cm³/mol. The number of benzene rings is 1. The molecule has 2 nitrogen and oxygen atoms in total. The Labute approximate surface area is 154 Å². The van der Waals surface area contributed by atoms with E-state index < -0.39 is 0 Å². The van der Waals surface area contributed by atoms with Crippen LogP contribution < -0.4 is 9.47 Å². The molecule has 0 fully saturated rings. The van der Waals surface area contributed by atoms with Crippen molar-refractivity contribution in [1.82, 2.24) is 0 Å². The molecule has 0 amide bonds. The summed E-state index contributed by atoms with van der Waals surface area (Å²) in [5, 5.41) is 0. The first-order valence-electron chi connectivity index (χ1n) is 6.16. The van der Waals surface area contributed by atoms with E-state index in [9.17, 15) is 0 Å².